The molecule has 0 unspecified atom stereocenters. The van der Waals surface area contributed by atoms with Gasteiger partial charge in [0.2, 0.25) is 0 Å². The number of para-hydroxylation sites is 1. The van der Waals surface area contributed by atoms with Gasteiger partial charge in [-0.15, -0.1) is 0 Å². The van der Waals surface area contributed by atoms with Gasteiger partial charge in [0.25, 0.3) is 0 Å². The zero-order valence-corrected chi connectivity index (χ0v) is 9.38. The monoisotopic (exact) mass is 200 g/mol. The van der Waals surface area contributed by atoms with E-state index in [0.29, 0.717) is 5.94 Å². The minimum absolute atomic E-state index is 0.536. The van der Waals surface area contributed by atoms with E-state index in [1.54, 1.807) is 0 Å². The van der Waals surface area contributed by atoms with Crippen LogP contribution in [-0.2, 0) is 6.42 Å². The SMILES string of the molecule is B[C@H](Cc1c[nH]c2ccccc12)NCC. The molecule has 0 amide bonds. The molecule has 0 radical (unpaired) electrons. The van der Waals surface area contributed by atoms with Crippen molar-refractivity contribution in [3.8, 4) is 0 Å². The van der Waals surface area contributed by atoms with Gasteiger partial charge < -0.3 is 10.3 Å². The van der Waals surface area contributed by atoms with E-state index in [1.807, 2.05) is 0 Å². The summed E-state index contributed by atoms with van der Waals surface area (Å²) in [6.07, 6.45) is 3.20. The average Bonchev–Trinajstić information content (AvgIpc) is 2.62. The van der Waals surface area contributed by atoms with Gasteiger partial charge in [0, 0.05) is 17.1 Å². The minimum atomic E-state index is 0.536. The molecule has 0 bridgehead atoms. The maximum atomic E-state index is 3.43. The lowest BCUT2D eigenvalue weighted by Crippen LogP contribution is -2.30. The van der Waals surface area contributed by atoms with Crippen LogP contribution in [0.4, 0.5) is 0 Å². The van der Waals surface area contributed by atoms with Crippen LogP contribution in [0.3, 0.4) is 0 Å². The van der Waals surface area contributed by atoms with Crippen molar-refractivity contribution in [2.24, 2.45) is 0 Å². The second-order valence-electron chi connectivity index (χ2n) is 4.02. The molecule has 0 spiro atoms. The lowest BCUT2D eigenvalue weighted by atomic mass is 9.89. The van der Waals surface area contributed by atoms with E-state index in [4.69, 9.17) is 0 Å². The number of benzene rings is 1. The summed E-state index contributed by atoms with van der Waals surface area (Å²) >= 11 is 0. The Morgan fingerprint density at radius 1 is 1.40 bits per heavy atom. The predicted molar refractivity (Wildman–Crippen MR) is 68.0 cm³/mol. The quantitative estimate of drug-likeness (QED) is 0.715. The number of aromatic amines is 1. The van der Waals surface area contributed by atoms with Crippen LogP contribution >= 0.6 is 0 Å². The van der Waals surface area contributed by atoms with Crippen molar-refractivity contribution < 1.29 is 0 Å². The number of hydrogen-bond donors (Lipinski definition) is 2. The summed E-state index contributed by atoms with van der Waals surface area (Å²) < 4.78 is 0. The fraction of sp³-hybridized carbons (Fsp3) is 0.333. The topological polar surface area (TPSA) is 27.8 Å². The Labute approximate surface area is 91.5 Å². The van der Waals surface area contributed by atoms with Crippen LogP contribution < -0.4 is 5.32 Å². The van der Waals surface area contributed by atoms with Crippen molar-refractivity contribution in [1.29, 1.82) is 0 Å². The fourth-order valence-corrected chi connectivity index (χ4v) is 2.05. The Kier molecular flexibility index (Phi) is 3.12. The highest BCUT2D eigenvalue weighted by Gasteiger charge is 2.06. The zero-order chi connectivity index (χ0) is 10.7. The molecular formula is C12H17BN2. The van der Waals surface area contributed by atoms with Crippen molar-refractivity contribution in [1.82, 2.24) is 10.3 Å². The van der Waals surface area contributed by atoms with Crippen LogP contribution in [-0.4, -0.2) is 25.3 Å². The van der Waals surface area contributed by atoms with Crippen LogP contribution in [0.1, 0.15) is 12.5 Å². The van der Waals surface area contributed by atoms with Crippen LogP contribution in [0.2, 0.25) is 0 Å². The second-order valence-corrected chi connectivity index (χ2v) is 4.02. The molecule has 15 heavy (non-hydrogen) atoms. The number of hydrogen-bond acceptors (Lipinski definition) is 1. The molecule has 1 aromatic heterocycles. The number of rotatable bonds is 4. The molecular weight excluding hydrogens is 183 g/mol. The fourth-order valence-electron chi connectivity index (χ4n) is 2.05. The van der Waals surface area contributed by atoms with Crippen molar-refractivity contribution in [3.05, 3.63) is 36.0 Å². The Balaban J connectivity index is 2.21. The van der Waals surface area contributed by atoms with E-state index in [9.17, 15) is 0 Å². The zero-order valence-electron chi connectivity index (χ0n) is 9.38. The number of fused-ring (bicyclic) bond motifs is 1. The smallest absolute Gasteiger partial charge is 0.123 e. The first-order valence-corrected chi connectivity index (χ1v) is 5.59. The average molecular weight is 200 g/mol. The molecule has 2 aromatic rings. The van der Waals surface area contributed by atoms with Gasteiger partial charge in [0.05, 0.1) is 0 Å². The number of nitrogens with one attached hydrogen (secondary N) is 2. The molecule has 1 aromatic carbocycles. The maximum absolute atomic E-state index is 3.43. The molecule has 2 N–H and O–H groups in total. The van der Waals surface area contributed by atoms with Gasteiger partial charge in [-0.2, -0.15) is 0 Å². The molecule has 2 rings (SSSR count). The molecule has 0 saturated carbocycles. The highest BCUT2D eigenvalue weighted by molar-refractivity contribution is 6.12. The summed E-state index contributed by atoms with van der Waals surface area (Å²) in [5, 5.41) is 4.78. The molecule has 2 nitrogen and oxygen atoms in total. The molecule has 78 valence electrons. The van der Waals surface area contributed by atoms with Crippen molar-refractivity contribution in [2.75, 3.05) is 6.54 Å². The highest BCUT2D eigenvalue weighted by atomic mass is 14.9. The lowest BCUT2D eigenvalue weighted by molar-refractivity contribution is 0.664. The van der Waals surface area contributed by atoms with Crippen LogP contribution in [0.25, 0.3) is 10.9 Å². The number of likely N-dealkylation sites (N-methyl/N-ethyl adjacent to an activating group) is 1. The second kappa shape index (κ2) is 4.54. The summed E-state index contributed by atoms with van der Waals surface area (Å²) in [5.41, 5.74) is 2.63. The van der Waals surface area contributed by atoms with Gasteiger partial charge in [0.15, 0.2) is 0 Å². The van der Waals surface area contributed by atoms with E-state index in [1.165, 1.54) is 16.5 Å². The lowest BCUT2D eigenvalue weighted by Gasteiger charge is -2.10. The van der Waals surface area contributed by atoms with Gasteiger partial charge in [-0.1, -0.05) is 25.1 Å². The largest absolute Gasteiger partial charge is 0.361 e. The Morgan fingerprint density at radius 2 is 2.20 bits per heavy atom. The molecule has 0 aliphatic carbocycles. The van der Waals surface area contributed by atoms with Crippen LogP contribution in [0.15, 0.2) is 30.5 Å². The highest BCUT2D eigenvalue weighted by Crippen LogP contribution is 2.18. The summed E-state index contributed by atoms with van der Waals surface area (Å²) in [6.45, 7) is 3.18. The third kappa shape index (κ3) is 2.24. The van der Waals surface area contributed by atoms with Crippen LogP contribution in [0, 0.1) is 0 Å². The maximum Gasteiger partial charge on any atom is 0.123 e. The van der Waals surface area contributed by atoms with E-state index in [-0.39, 0.29) is 0 Å². The molecule has 3 heteroatoms. The van der Waals surface area contributed by atoms with Crippen LogP contribution in [0.5, 0.6) is 0 Å². The Hall–Kier alpha value is -1.22. The normalized spacial score (nSPS) is 13.1. The first kappa shape index (κ1) is 10.3. The first-order valence-electron chi connectivity index (χ1n) is 5.59. The summed E-state index contributed by atoms with van der Waals surface area (Å²) in [5.74, 6) is 0.536. The molecule has 0 fully saturated rings. The summed E-state index contributed by atoms with van der Waals surface area (Å²) in [7, 11) is 2.23. The Morgan fingerprint density at radius 3 is 3.00 bits per heavy atom. The van der Waals surface area contributed by atoms with E-state index in [0.717, 1.165) is 13.0 Å². The third-order valence-electron chi connectivity index (χ3n) is 2.75. The van der Waals surface area contributed by atoms with Gasteiger partial charge >= 0.3 is 0 Å². The van der Waals surface area contributed by atoms with Gasteiger partial charge in [-0.3, -0.25) is 0 Å². The van der Waals surface area contributed by atoms with E-state index < -0.39 is 0 Å². The predicted octanol–water partition coefficient (Wildman–Crippen LogP) is 1.28. The first-order chi connectivity index (χ1) is 7.31. The number of aromatic nitrogens is 1. The van der Waals surface area contributed by atoms with Gasteiger partial charge in [0.1, 0.15) is 7.85 Å². The van der Waals surface area contributed by atoms with Crippen molar-refractivity contribution in [3.63, 3.8) is 0 Å². The minimum Gasteiger partial charge on any atom is -0.361 e. The number of H-pyrrole nitrogens is 1. The van der Waals surface area contributed by atoms with Crippen molar-refractivity contribution in [2.45, 2.75) is 19.3 Å². The Bertz CT molecular complexity index is 436. The van der Waals surface area contributed by atoms with Crippen molar-refractivity contribution >= 4 is 18.7 Å². The summed E-state index contributed by atoms with van der Waals surface area (Å²) in [6, 6.07) is 8.46. The molecule has 1 heterocycles. The van der Waals surface area contributed by atoms with E-state index in [2.05, 4.69) is 55.5 Å². The summed E-state index contributed by atoms with van der Waals surface area (Å²) in [4.78, 5) is 3.31. The third-order valence-corrected chi connectivity index (χ3v) is 2.75. The standard InChI is InChI=1S/C12H17BN2/c1-2-14-12(13)7-9-8-15-11-6-4-3-5-10(9)11/h3-6,8,12,14-15H,2,7,13H2,1H3/t12-/m0/s1. The molecule has 0 aliphatic rings. The molecule has 1 atom stereocenters. The van der Waals surface area contributed by atoms with Gasteiger partial charge in [-0.05, 0) is 30.5 Å². The van der Waals surface area contributed by atoms with E-state index >= 15 is 0 Å². The molecule has 0 saturated heterocycles. The molecule has 0 aliphatic heterocycles. The van der Waals surface area contributed by atoms with Gasteiger partial charge in [-0.25, -0.2) is 0 Å².